The molecule has 0 spiro atoms. The van der Waals surface area contributed by atoms with Crippen LogP contribution in [0.1, 0.15) is 56.3 Å². The quantitative estimate of drug-likeness (QED) is 0.931. The molecule has 1 aromatic rings. The first-order chi connectivity index (χ1) is 11.1. The van der Waals surface area contributed by atoms with E-state index in [-0.39, 0.29) is 11.8 Å². The monoisotopic (exact) mass is 316 g/mol. The van der Waals surface area contributed by atoms with E-state index >= 15 is 0 Å². The van der Waals surface area contributed by atoms with E-state index in [9.17, 15) is 4.79 Å². The van der Waals surface area contributed by atoms with E-state index in [0.717, 1.165) is 56.1 Å². The van der Waals surface area contributed by atoms with Crippen molar-refractivity contribution in [3.05, 3.63) is 17.5 Å². The number of carbonyl (C=O) groups is 1. The van der Waals surface area contributed by atoms with Crippen LogP contribution in [0.2, 0.25) is 0 Å². The number of hydrogen-bond donors (Lipinski definition) is 1. The van der Waals surface area contributed by atoms with Crippen LogP contribution in [0.15, 0.2) is 6.07 Å². The number of rotatable bonds is 3. The van der Waals surface area contributed by atoms with Crippen molar-refractivity contribution in [2.24, 2.45) is 5.92 Å². The van der Waals surface area contributed by atoms with Crippen LogP contribution >= 0.6 is 0 Å². The zero-order chi connectivity index (χ0) is 16.2. The molecular weight excluding hydrogens is 288 g/mol. The maximum absolute atomic E-state index is 12.6. The summed E-state index contributed by atoms with van der Waals surface area (Å²) in [6.07, 6.45) is 8.09. The van der Waals surface area contributed by atoms with E-state index in [0.29, 0.717) is 6.04 Å². The van der Waals surface area contributed by atoms with E-state index in [1.165, 1.54) is 19.3 Å². The van der Waals surface area contributed by atoms with Gasteiger partial charge in [0.2, 0.25) is 11.9 Å². The minimum absolute atomic E-state index is 0.0649. The number of aromatic nitrogens is 2. The maximum atomic E-state index is 12.6. The van der Waals surface area contributed by atoms with Gasteiger partial charge in [0.05, 0.1) is 5.92 Å². The van der Waals surface area contributed by atoms with Gasteiger partial charge < -0.3 is 10.2 Å². The lowest BCUT2D eigenvalue weighted by Gasteiger charge is -2.33. The minimum atomic E-state index is 0.0649. The first-order valence-electron chi connectivity index (χ1n) is 8.99. The van der Waals surface area contributed by atoms with Crippen LogP contribution in [-0.2, 0) is 4.79 Å². The van der Waals surface area contributed by atoms with Crippen molar-refractivity contribution in [2.45, 2.75) is 64.8 Å². The lowest BCUT2D eigenvalue weighted by atomic mass is 9.93. The second-order valence-electron chi connectivity index (χ2n) is 7.08. The van der Waals surface area contributed by atoms with E-state index in [4.69, 9.17) is 0 Å². The van der Waals surface area contributed by atoms with Gasteiger partial charge in [0, 0.05) is 30.5 Å². The minimum Gasteiger partial charge on any atom is -0.353 e. The Morgan fingerprint density at radius 3 is 2.48 bits per heavy atom. The molecule has 3 rings (SSSR count). The van der Waals surface area contributed by atoms with Gasteiger partial charge in [-0.3, -0.25) is 4.79 Å². The van der Waals surface area contributed by atoms with Crippen molar-refractivity contribution in [3.63, 3.8) is 0 Å². The first-order valence-corrected chi connectivity index (χ1v) is 8.99. The molecule has 1 saturated heterocycles. The van der Waals surface area contributed by atoms with Crippen LogP contribution in [0.5, 0.6) is 0 Å². The Kier molecular flexibility index (Phi) is 5.13. The Labute approximate surface area is 138 Å². The van der Waals surface area contributed by atoms with Gasteiger partial charge in [-0.15, -0.1) is 0 Å². The number of amides is 1. The lowest BCUT2D eigenvalue weighted by molar-refractivity contribution is -0.126. The van der Waals surface area contributed by atoms with Crippen LogP contribution in [0, 0.1) is 19.8 Å². The summed E-state index contributed by atoms with van der Waals surface area (Å²) in [5.41, 5.74) is 1.97. The fraction of sp³-hybridized carbons (Fsp3) is 0.722. The molecule has 0 unspecified atom stereocenters. The van der Waals surface area contributed by atoms with Crippen LogP contribution < -0.4 is 10.2 Å². The standard InChI is InChI=1S/C18H28N4O/c1-13-11-14(2)20-18(19-13)22-10-6-7-15(12-22)17(23)21-16-8-4-3-5-9-16/h11,15-16H,3-10,12H2,1-2H3,(H,21,23)/t15-/m0/s1. The molecule has 1 aromatic heterocycles. The highest BCUT2D eigenvalue weighted by Gasteiger charge is 2.28. The van der Waals surface area contributed by atoms with Crippen molar-refractivity contribution in [1.82, 2.24) is 15.3 Å². The van der Waals surface area contributed by atoms with Gasteiger partial charge in [-0.1, -0.05) is 19.3 Å². The third-order valence-electron chi connectivity index (χ3n) is 5.00. The number of anilines is 1. The summed E-state index contributed by atoms with van der Waals surface area (Å²) in [5.74, 6) is 1.07. The SMILES string of the molecule is Cc1cc(C)nc(N2CCC[C@H](C(=O)NC3CCCCC3)C2)n1. The van der Waals surface area contributed by atoms with Gasteiger partial charge in [-0.05, 0) is 45.6 Å². The van der Waals surface area contributed by atoms with Gasteiger partial charge in [0.15, 0.2) is 0 Å². The zero-order valence-electron chi connectivity index (χ0n) is 14.3. The summed E-state index contributed by atoms with van der Waals surface area (Å²) in [6.45, 7) is 5.67. The van der Waals surface area contributed by atoms with Crippen molar-refractivity contribution >= 4 is 11.9 Å². The summed E-state index contributed by atoms with van der Waals surface area (Å²) < 4.78 is 0. The lowest BCUT2D eigenvalue weighted by Crippen LogP contribution is -2.46. The number of piperidine rings is 1. The molecule has 1 aliphatic heterocycles. The molecule has 1 amide bonds. The Bertz CT molecular complexity index is 534. The normalized spacial score (nSPS) is 22.9. The number of aryl methyl sites for hydroxylation is 2. The molecule has 2 aliphatic rings. The van der Waals surface area contributed by atoms with E-state index < -0.39 is 0 Å². The number of carbonyl (C=O) groups excluding carboxylic acids is 1. The summed E-state index contributed by atoms with van der Waals surface area (Å²) in [4.78, 5) is 23.9. The molecule has 1 saturated carbocycles. The molecule has 1 N–H and O–H groups in total. The van der Waals surface area contributed by atoms with Crippen molar-refractivity contribution in [1.29, 1.82) is 0 Å². The van der Waals surface area contributed by atoms with Gasteiger partial charge in [-0.25, -0.2) is 9.97 Å². The third kappa shape index (κ3) is 4.21. The highest BCUT2D eigenvalue weighted by Crippen LogP contribution is 2.23. The molecule has 5 nitrogen and oxygen atoms in total. The van der Waals surface area contributed by atoms with Gasteiger partial charge in [0.1, 0.15) is 0 Å². The molecular formula is C18H28N4O. The number of nitrogens with one attached hydrogen (secondary N) is 1. The molecule has 126 valence electrons. The third-order valence-corrected chi connectivity index (χ3v) is 5.00. The second kappa shape index (κ2) is 7.28. The molecule has 2 heterocycles. The second-order valence-corrected chi connectivity index (χ2v) is 7.08. The molecule has 0 radical (unpaired) electrons. The van der Waals surface area contributed by atoms with Crippen LogP contribution in [-0.4, -0.2) is 35.0 Å². The Morgan fingerprint density at radius 2 is 1.78 bits per heavy atom. The van der Waals surface area contributed by atoms with Crippen LogP contribution in [0.4, 0.5) is 5.95 Å². The van der Waals surface area contributed by atoms with E-state index in [2.05, 4.69) is 20.2 Å². The van der Waals surface area contributed by atoms with E-state index in [1.807, 2.05) is 19.9 Å². The topological polar surface area (TPSA) is 58.1 Å². The molecule has 2 fully saturated rings. The predicted octanol–water partition coefficient (Wildman–Crippen LogP) is 2.76. The summed E-state index contributed by atoms with van der Waals surface area (Å²) in [7, 11) is 0. The Hall–Kier alpha value is -1.65. The molecule has 5 heteroatoms. The average Bonchev–Trinajstić information content (AvgIpc) is 2.55. The molecule has 0 aromatic carbocycles. The van der Waals surface area contributed by atoms with Gasteiger partial charge >= 0.3 is 0 Å². The summed E-state index contributed by atoms with van der Waals surface area (Å²) >= 11 is 0. The largest absolute Gasteiger partial charge is 0.353 e. The first kappa shape index (κ1) is 16.2. The van der Waals surface area contributed by atoms with Crippen molar-refractivity contribution in [3.8, 4) is 0 Å². The van der Waals surface area contributed by atoms with Crippen LogP contribution in [0.25, 0.3) is 0 Å². The predicted molar refractivity (Wildman–Crippen MR) is 91.5 cm³/mol. The smallest absolute Gasteiger partial charge is 0.225 e. The van der Waals surface area contributed by atoms with Crippen molar-refractivity contribution in [2.75, 3.05) is 18.0 Å². The molecule has 23 heavy (non-hydrogen) atoms. The Balaban J connectivity index is 1.62. The van der Waals surface area contributed by atoms with Crippen LogP contribution in [0.3, 0.4) is 0 Å². The maximum Gasteiger partial charge on any atom is 0.225 e. The fourth-order valence-corrected chi connectivity index (χ4v) is 3.79. The molecule has 0 bridgehead atoms. The highest BCUT2D eigenvalue weighted by atomic mass is 16.2. The van der Waals surface area contributed by atoms with E-state index in [1.54, 1.807) is 0 Å². The summed E-state index contributed by atoms with van der Waals surface area (Å²) in [5, 5.41) is 3.28. The molecule has 1 atom stereocenters. The molecule has 1 aliphatic carbocycles. The average molecular weight is 316 g/mol. The fourth-order valence-electron chi connectivity index (χ4n) is 3.79. The number of nitrogens with zero attached hydrogens (tertiary/aromatic N) is 3. The van der Waals surface area contributed by atoms with Gasteiger partial charge in [-0.2, -0.15) is 0 Å². The number of hydrogen-bond acceptors (Lipinski definition) is 4. The summed E-state index contributed by atoms with van der Waals surface area (Å²) in [6, 6.07) is 2.38. The Morgan fingerprint density at radius 1 is 1.09 bits per heavy atom. The zero-order valence-corrected chi connectivity index (χ0v) is 14.3. The van der Waals surface area contributed by atoms with Crippen molar-refractivity contribution < 1.29 is 4.79 Å². The highest BCUT2D eigenvalue weighted by molar-refractivity contribution is 5.79. The van der Waals surface area contributed by atoms with Gasteiger partial charge in [0.25, 0.3) is 0 Å².